The van der Waals surface area contributed by atoms with Crippen molar-refractivity contribution in [1.29, 1.82) is 0 Å². The van der Waals surface area contributed by atoms with Crippen LogP contribution >= 0.6 is 39.1 Å². The van der Waals surface area contributed by atoms with Crippen LogP contribution in [-0.2, 0) is 26.2 Å². The molecular weight excluding hydrogens is 637 g/mol. The van der Waals surface area contributed by atoms with Crippen LogP contribution in [-0.4, -0.2) is 44.3 Å². The number of anilines is 1. The molecular formula is C29H32BrCl2N3O4S. The molecule has 0 fully saturated rings. The first kappa shape index (κ1) is 31.9. The molecule has 7 nitrogen and oxygen atoms in total. The zero-order valence-corrected chi connectivity index (χ0v) is 26.6. The minimum absolute atomic E-state index is 0.00302. The molecule has 2 amide bonds. The monoisotopic (exact) mass is 667 g/mol. The third-order valence-electron chi connectivity index (χ3n) is 6.12. The van der Waals surface area contributed by atoms with Gasteiger partial charge >= 0.3 is 0 Å². The molecule has 3 aromatic carbocycles. The number of amides is 2. The molecule has 0 unspecified atom stereocenters. The summed E-state index contributed by atoms with van der Waals surface area (Å²) in [6.45, 7) is 7.36. The van der Waals surface area contributed by atoms with Gasteiger partial charge in [-0.3, -0.25) is 13.9 Å². The van der Waals surface area contributed by atoms with E-state index >= 15 is 0 Å². The smallest absolute Gasteiger partial charge is 0.264 e. The minimum Gasteiger partial charge on any atom is -0.354 e. The molecule has 1 N–H and O–H groups in total. The van der Waals surface area contributed by atoms with E-state index in [0.717, 1.165) is 19.9 Å². The molecule has 0 heterocycles. The number of halogens is 3. The number of hydrogen-bond donors (Lipinski definition) is 1. The van der Waals surface area contributed by atoms with E-state index in [2.05, 4.69) is 21.2 Å². The minimum atomic E-state index is -4.22. The van der Waals surface area contributed by atoms with Crippen molar-refractivity contribution >= 4 is 66.7 Å². The number of benzene rings is 3. The number of hydrogen-bond acceptors (Lipinski definition) is 4. The first-order chi connectivity index (χ1) is 18.8. The summed E-state index contributed by atoms with van der Waals surface area (Å²) in [5, 5.41) is 3.30. The van der Waals surface area contributed by atoms with Crippen LogP contribution in [0.25, 0.3) is 0 Å². The van der Waals surface area contributed by atoms with Gasteiger partial charge in [0.1, 0.15) is 12.6 Å². The maximum Gasteiger partial charge on any atom is 0.264 e. The highest BCUT2D eigenvalue weighted by Gasteiger charge is 2.33. The zero-order valence-electron chi connectivity index (χ0n) is 22.7. The molecule has 0 aliphatic rings. The quantitative estimate of drug-likeness (QED) is 0.255. The molecule has 40 heavy (non-hydrogen) atoms. The van der Waals surface area contributed by atoms with Crippen molar-refractivity contribution in [3.05, 3.63) is 92.4 Å². The molecule has 214 valence electrons. The highest BCUT2D eigenvalue weighted by Crippen LogP contribution is 2.30. The third kappa shape index (κ3) is 8.46. The van der Waals surface area contributed by atoms with Crippen LogP contribution in [0.3, 0.4) is 0 Å². The van der Waals surface area contributed by atoms with E-state index in [4.69, 9.17) is 23.2 Å². The van der Waals surface area contributed by atoms with Crippen LogP contribution < -0.4 is 9.62 Å². The molecule has 0 radical (unpaired) electrons. The summed E-state index contributed by atoms with van der Waals surface area (Å²) in [7, 11) is -4.22. The van der Waals surface area contributed by atoms with Gasteiger partial charge in [-0.05, 0) is 67.8 Å². The lowest BCUT2D eigenvalue weighted by molar-refractivity contribution is -0.139. The van der Waals surface area contributed by atoms with Gasteiger partial charge in [-0.15, -0.1) is 0 Å². The number of rotatable bonds is 11. The van der Waals surface area contributed by atoms with Crippen molar-refractivity contribution in [2.45, 2.75) is 45.2 Å². The van der Waals surface area contributed by atoms with Gasteiger partial charge in [0, 0.05) is 27.6 Å². The van der Waals surface area contributed by atoms with Crippen LogP contribution in [0.15, 0.2) is 76.1 Å². The lowest BCUT2D eigenvalue weighted by Crippen LogP contribution is -2.51. The second-order valence-corrected chi connectivity index (χ2v) is 13.6. The predicted octanol–water partition coefficient (Wildman–Crippen LogP) is 6.45. The van der Waals surface area contributed by atoms with E-state index in [9.17, 15) is 18.0 Å². The van der Waals surface area contributed by atoms with Crippen LogP contribution in [0.2, 0.25) is 10.0 Å². The number of aryl methyl sites for hydroxylation is 1. The van der Waals surface area contributed by atoms with Crippen molar-refractivity contribution < 1.29 is 18.0 Å². The molecule has 0 spiro atoms. The highest BCUT2D eigenvalue weighted by molar-refractivity contribution is 9.10. The Hall–Kier alpha value is -2.59. The van der Waals surface area contributed by atoms with Crippen LogP contribution in [0.5, 0.6) is 0 Å². The third-order valence-corrected chi connectivity index (χ3v) is 8.83. The summed E-state index contributed by atoms with van der Waals surface area (Å²) in [6, 6.07) is 17.2. The summed E-state index contributed by atoms with van der Waals surface area (Å²) >= 11 is 15.9. The van der Waals surface area contributed by atoms with E-state index in [-0.39, 0.29) is 39.0 Å². The maximum absolute atomic E-state index is 14.0. The number of carbonyl (C=O) groups excluding carboxylic acids is 2. The Kier molecular flexibility index (Phi) is 11.1. The average Bonchev–Trinajstić information content (AvgIpc) is 2.88. The summed E-state index contributed by atoms with van der Waals surface area (Å²) in [6.07, 6.45) is 0. The van der Waals surface area contributed by atoms with Crippen molar-refractivity contribution in [3.63, 3.8) is 0 Å². The largest absolute Gasteiger partial charge is 0.354 e. The number of nitrogens with zero attached hydrogens (tertiary/aromatic N) is 2. The van der Waals surface area contributed by atoms with Crippen molar-refractivity contribution in [1.82, 2.24) is 10.2 Å². The second kappa shape index (κ2) is 13.9. The van der Waals surface area contributed by atoms with E-state index < -0.39 is 28.5 Å². The summed E-state index contributed by atoms with van der Waals surface area (Å²) in [5.74, 6) is -0.692. The molecule has 11 heteroatoms. The van der Waals surface area contributed by atoms with E-state index in [1.54, 1.807) is 19.1 Å². The summed E-state index contributed by atoms with van der Waals surface area (Å²) < 4.78 is 29.6. The molecule has 3 rings (SSSR count). The Balaban J connectivity index is 2.05. The summed E-state index contributed by atoms with van der Waals surface area (Å²) in [4.78, 5) is 28.4. The maximum atomic E-state index is 14.0. The summed E-state index contributed by atoms with van der Waals surface area (Å²) in [5.41, 5.74) is 1.78. The van der Waals surface area contributed by atoms with Gasteiger partial charge in [-0.2, -0.15) is 0 Å². The van der Waals surface area contributed by atoms with E-state index in [1.807, 2.05) is 45.0 Å². The fraction of sp³-hybridized carbons (Fsp3) is 0.310. The normalized spacial score (nSPS) is 12.2. The Morgan fingerprint density at radius 2 is 1.57 bits per heavy atom. The predicted molar refractivity (Wildman–Crippen MR) is 164 cm³/mol. The van der Waals surface area contributed by atoms with E-state index in [0.29, 0.717) is 6.54 Å². The molecule has 0 saturated carbocycles. The fourth-order valence-corrected chi connectivity index (χ4v) is 6.28. The molecule has 0 bridgehead atoms. The Morgan fingerprint density at radius 3 is 2.15 bits per heavy atom. The Morgan fingerprint density at radius 1 is 0.950 bits per heavy atom. The number of nitrogens with one attached hydrogen (secondary N) is 1. The van der Waals surface area contributed by atoms with Gasteiger partial charge in [0.05, 0.1) is 10.6 Å². The molecule has 0 aliphatic heterocycles. The van der Waals surface area contributed by atoms with Crippen LogP contribution in [0, 0.1) is 12.8 Å². The van der Waals surface area contributed by atoms with Gasteiger partial charge in [-0.25, -0.2) is 8.42 Å². The zero-order chi connectivity index (χ0) is 29.6. The van der Waals surface area contributed by atoms with Gasteiger partial charge < -0.3 is 10.2 Å². The Labute approximate surface area is 254 Å². The number of sulfonamides is 1. The second-order valence-electron chi connectivity index (χ2n) is 9.92. The first-order valence-corrected chi connectivity index (χ1v) is 15.6. The highest BCUT2D eigenvalue weighted by atomic mass is 79.9. The molecule has 0 aromatic heterocycles. The lowest BCUT2D eigenvalue weighted by atomic mass is 10.1. The standard InChI is InChI=1S/C29H32BrCl2N3O4S/c1-19(2)16-33-29(37)21(4)34(17-22-6-5-7-23(30)12-22)28(36)18-35(26-14-24(31)13-25(32)15-26)40(38,39)27-10-8-20(3)9-11-27/h5-15,19,21H,16-18H2,1-4H3,(H,33,37)/t21-/m1/s1. The molecule has 0 aliphatic carbocycles. The van der Waals surface area contributed by atoms with Gasteiger partial charge in [0.2, 0.25) is 11.8 Å². The van der Waals surface area contributed by atoms with Crippen molar-refractivity contribution in [2.24, 2.45) is 5.92 Å². The fourth-order valence-electron chi connectivity index (χ4n) is 3.92. The Bertz CT molecular complexity index is 1450. The topological polar surface area (TPSA) is 86.8 Å². The SMILES string of the molecule is Cc1ccc(S(=O)(=O)N(CC(=O)N(Cc2cccc(Br)c2)[C@H](C)C(=O)NCC(C)C)c2cc(Cl)cc(Cl)c2)cc1. The average molecular weight is 669 g/mol. The molecule has 1 atom stereocenters. The van der Waals surface area contributed by atoms with Gasteiger partial charge in [0.15, 0.2) is 0 Å². The van der Waals surface area contributed by atoms with Crippen molar-refractivity contribution in [3.8, 4) is 0 Å². The number of carbonyl (C=O) groups is 2. The van der Waals surface area contributed by atoms with Crippen molar-refractivity contribution in [2.75, 3.05) is 17.4 Å². The molecule has 3 aromatic rings. The van der Waals surface area contributed by atoms with Crippen LogP contribution in [0.1, 0.15) is 31.9 Å². The van der Waals surface area contributed by atoms with Crippen LogP contribution in [0.4, 0.5) is 5.69 Å². The first-order valence-electron chi connectivity index (χ1n) is 12.6. The van der Waals surface area contributed by atoms with E-state index in [1.165, 1.54) is 35.2 Å². The molecule has 0 saturated heterocycles. The lowest BCUT2D eigenvalue weighted by Gasteiger charge is -2.32. The van der Waals surface area contributed by atoms with Gasteiger partial charge in [-0.1, -0.05) is 82.8 Å². The van der Waals surface area contributed by atoms with Gasteiger partial charge in [0.25, 0.3) is 10.0 Å².